The van der Waals surface area contributed by atoms with Gasteiger partial charge < -0.3 is 9.74 Å². The van der Waals surface area contributed by atoms with Crippen molar-refractivity contribution in [3.63, 3.8) is 0 Å². The van der Waals surface area contributed by atoms with Crippen molar-refractivity contribution < 1.29 is 18.0 Å². The van der Waals surface area contributed by atoms with Crippen molar-refractivity contribution in [2.45, 2.75) is 82.7 Å². The van der Waals surface area contributed by atoms with Crippen LogP contribution >= 0.6 is 0 Å². The van der Waals surface area contributed by atoms with Crippen LogP contribution < -0.4 is 5.32 Å². The van der Waals surface area contributed by atoms with Gasteiger partial charge in [-0.3, -0.25) is 4.79 Å². The summed E-state index contributed by atoms with van der Waals surface area (Å²) in [7, 11) is -2.37. The monoisotopic (exact) mass is 383 g/mol. The third-order valence-electron chi connectivity index (χ3n) is 5.67. The molecule has 1 aliphatic heterocycles. The molecule has 1 aliphatic rings. The summed E-state index contributed by atoms with van der Waals surface area (Å²) in [5.74, 6) is -3.06. The Balaban J connectivity index is 2.21. The molecule has 3 nitrogen and oxygen atoms in total. The van der Waals surface area contributed by atoms with Gasteiger partial charge in [0.25, 0.3) is 5.92 Å². The highest BCUT2D eigenvalue weighted by Gasteiger charge is 2.48. The van der Waals surface area contributed by atoms with Crippen LogP contribution in [0.25, 0.3) is 0 Å². The number of hydrogen-bond donors (Lipinski definition) is 1. The molecule has 6 heteroatoms. The molecule has 0 spiro atoms. The van der Waals surface area contributed by atoms with E-state index in [-0.39, 0.29) is 29.0 Å². The van der Waals surface area contributed by atoms with Crippen molar-refractivity contribution in [2.24, 2.45) is 0 Å². The molecule has 0 aromatic heterocycles. The second-order valence-electron chi connectivity index (χ2n) is 8.74. The van der Waals surface area contributed by atoms with Gasteiger partial charge in [-0.2, -0.15) is 8.78 Å². The SMILES string of the molecule is CC(C)(C)[Si](C)(C)O[C@H](CC[C@H]1CCC(=O)N1)C(F)(F)c1ccccc1. The van der Waals surface area contributed by atoms with E-state index in [0.29, 0.717) is 19.3 Å². The second-order valence-corrected chi connectivity index (χ2v) is 13.5. The number of halogens is 2. The van der Waals surface area contributed by atoms with E-state index in [1.807, 2.05) is 33.9 Å². The summed E-state index contributed by atoms with van der Waals surface area (Å²) in [6.07, 6.45) is 0.728. The third-order valence-corrected chi connectivity index (χ3v) is 10.2. The minimum absolute atomic E-state index is 0.00619. The normalized spacial score (nSPS) is 20.1. The molecule has 146 valence electrons. The lowest BCUT2D eigenvalue weighted by Gasteiger charge is -2.41. The van der Waals surface area contributed by atoms with Crippen molar-refractivity contribution in [1.82, 2.24) is 5.32 Å². The van der Waals surface area contributed by atoms with E-state index in [0.717, 1.165) is 0 Å². The summed E-state index contributed by atoms with van der Waals surface area (Å²) >= 11 is 0. The van der Waals surface area contributed by atoms with Gasteiger partial charge in [-0.05, 0) is 37.4 Å². The maximum absolute atomic E-state index is 15.3. The molecule has 0 saturated carbocycles. The summed E-state index contributed by atoms with van der Waals surface area (Å²) in [5, 5.41) is 2.71. The van der Waals surface area contributed by atoms with Gasteiger partial charge in [-0.1, -0.05) is 51.1 Å². The molecule has 1 N–H and O–H groups in total. The molecular formula is C20H31F2NO2Si. The van der Waals surface area contributed by atoms with Crippen LogP contribution in [0, 0.1) is 0 Å². The largest absolute Gasteiger partial charge is 0.407 e. The first kappa shape index (κ1) is 21.0. The molecule has 1 heterocycles. The predicted molar refractivity (Wildman–Crippen MR) is 103 cm³/mol. The predicted octanol–water partition coefficient (Wildman–Crippen LogP) is 5.23. The number of hydrogen-bond acceptors (Lipinski definition) is 2. The topological polar surface area (TPSA) is 38.3 Å². The summed E-state index contributed by atoms with van der Waals surface area (Å²) < 4.78 is 36.8. The number of nitrogens with one attached hydrogen (secondary N) is 1. The van der Waals surface area contributed by atoms with Gasteiger partial charge >= 0.3 is 0 Å². The molecule has 1 aromatic rings. The van der Waals surface area contributed by atoms with E-state index in [1.54, 1.807) is 18.2 Å². The Bertz CT molecular complexity index is 614. The fourth-order valence-corrected chi connectivity index (χ4v) is 4.27. The molecule has 26 heavy (non-hydrogen) atoms. The van der Waals surface area contributed by atoms with Crippen LogP contribution in [-0.2, 0) is 15.1 Å². The Morgan fingerprint density at radius 2 is 1.85 bits per heavy atom. The van der Waals surface area contributed by atoms with Crippen molar-refractivity contribution in [2.75, 3.05) is 0 Å². The maximum Gasteiger partial charge on any atom is 0.297 e. The average Bonchev–Trinajstić information content (AvgIpc) is 2.96. The van der Waals surface area contributed by atoms with E-state index in [1.165, 1.54) is 12.1 Å². The molecule has 2 rings (SSSR count). The molecule has 0 aliphatic carbocycles. The summed E-state index contributed by atoms with van der Waals surface area (Å²) in [6.45, 7) is 10.1. The van der Waals surface area contributed by atoms with Crippen LogP contribution in [0.5, 0.6) is 0 Å². The van der Waals surface area contributed by atoms with E-state index in [9.17, 15) is 4.79 Å². The molecular weight excluding hydrogens is 352 g/mol. The van der Waals surface area contributed by atoms with Crippen LogP contribution in [0.1, 0.15) is 52.0 Å². The zero-order valence-corrected chi connectivity index (χ0v) is 17.4. The highest BCUT2D eigenvalue weighted by Crippen LogP contribution is 2.43. The number of amides is 1. The zero-order chi connectivity index (χ0) is 19.6. The fourth-order valence-electron chi connectivity index (χ4n) is 2.94. The van der Waals surface area contributed by atoms with E-state index < -0.39 is 20.3 Å². The quantitative estimate of drug-likeness (QED) is 0.655. The highest BCUT2D eigenvalue weighted by atomic mass is 28.4. The molecule has 1 fully saturated rings. The van der Waals surface area contributed by atoms with Crippen molar-refractivity contribution in [3.05, 3.63) is 35.9 Å². The van der Waals surface area contributed by atoms with Crippen LogP contribution in [0.3, 0.4) is 0 Å². The van der Waals surface area contributed by atoms with Gasteiger partial charge in [0.1, 0.15) is 6.10 Å². The molecule has 1 saturated heterocycles. The lowest BCUT2D eigenvalue weighted by Crippen LogP contribution is -2.48. The van der Waals surface area contributed by atoms with Gasteiger partial charge in [-0.15, -0.1) is 0 Å². The Hall–Kier alpha value is -1.27. The summed E-state index contributed by atoms with van der Waals surface area (Å²) in [5.41, 5.74) is -0.0147. The fraction of sp³-hybridized carbons (Fsp3) is 0.650. The van der Waals surface area contributed by atoms with Crippen molar-refractivity contribution in [1.29, 1.82) is 0 Å². The maximum atomic E-state index is 15.3. The Labute approximate surface area is 156 Å². The lowest BCUT2D eigenvalue weighted by molar-refractivity contribution is -0.119. The minimum atomic E-state index is -3.07. The minimum Gasteiger partial charge on any atom is -0.407 e. The molecule has 0 unspecified atom stereocenters. The van der Waals surface area contributed by atoms with E-state index >= 15 is 8.78 Å². The zero-order valence-electron chi connectivity index (χ0n) is 16.4. The van der Waals surface area contributed by atoms with Crippen molar-refractivity contribution in [3.8, 4) is 0 Å². The first-order valence-corrected chi connectivity index (χ1v) is 12.2. The Morgan fingerprint density at radius 3 is 2.35 bits per heavy atom. The lowest BCUT2D eigenvalue weighted by atomic mass is 9.97. The van der Waals surface area contributed by atoms with E-state index in [4.69, 9.17) is 4.43 Å². The first-order chi connectivity index (χ1) is 11.9. The summed E-state index contributed by atoms with van der Waals surface area (Å²) in [4.78, 5) is 11.4. The van der Waals surface area contributed by atoms with Gasteiger partial charge in [0.05, 0.1) is 0 Å². The Kier molecular flexibility index (Phi) is 6.28. The second kappa shape index (κ2) is 7.77. The molecule has 2 atom stereocenters. The molecule has 0 bridgehead atoms. The molecule has 0 radical (unpaired) electrons. The van der Waals surface area contributed by atoms with Crippen LogP contribution in [0.2, 0.25) is 18.1 Å². The van der Waals surface area contributed by atoms with E-state index in [2.05, 4.69) is 5.32 Å². The first-order valence-electron chi connectivity index (χ1n) is 9.34. The van der Waals surface area contributed by atoms with Gasteiger partial charge in [-0.25, -0.2) is 0 Å². The number of alkyl halides is 2. The number of carbonyl (C=O) groups excluding carboxylic acids is 1. The van der Waals surface area contributed by atoms with Crippen LogP contribution in [-0.4, -0.2) is 26.4 Å². The Morgan fingerprint density at radius 1 is 1.23 bits per heavy atom. The highest BCUT2D eigenvalue weighted by molar-refractivity contribution is 6.74. The third kappa shape index (κ3) is 4.91. The summed E-state index contributed by atoms with van der Waals surface area (Å²) in [6, 6.07) is 7.88. The average molecular weight is 384 g/mol. The van der Waals surface area contributed by atoms with Gasteiger partial charge in [0.15, 0.2) is 8.32 Å². The smallest absolute Gasteiger partial charge is 0.297 e. The van der Waals surface area contributed by atoms with Gasteiger partial charge in [0, 0.05) is 18.0 Å². The van der Waals surface area contributed by atoms with Crippen LogP contribution in [0.4, 0.5) is 8.78 Å². The number of rotatable bonds is 7. The standard InChI is InChI=1S/C20H31F2NO2Si/c1-19(2,3)26(4,5)25-17(13-11-16-12-14-18(24)23-16)20(21,22)15-9-7-6-8-10-15/h6-10,16-17H,11-14H2,1-5H3,(H,23,24)/t16-,17+/m0/s1. The number of benzene rings is 1. The van der Waals surface area contributed by atoms with Crippen molar-refractivity contribution >= 4 is 14.2 Å². The molecule has 1 amide bonds. The number of carbonyl (C=O) groups is 1. The molecule has 1 aromatic carbocycles. The van der Waals surface area contributed by atoms with Gasteiger partial charge in [0.2, 0.25) is 5.91 Å². The van der Waals surface area contributed by atoms with Crippen LogP contribution in [0.15, 0.2) is 30.3 Å².